The summed E-state index contributed by atoms with van der Waals surface area (Å²) in [6, 6.07) is 7.05. The average Bonchev–Trinajstić information content (AvgIpc) is 3.15. The second-order valence-corrected chi connectivity index (χ2v) is 8.24. The molecule has 0 bridgehead atoms. The number of halogens is 1. The molecule has 1 atom stereocenters. The zero-order valence-corrected chi connectivity index (χ0v) is 16.9. The van der Waals surface area contributed by atoms with E-state index in [4.69, 9.17) is 21.1 Å². The van der Waals surface area contributed by atoms with E-state index in [0.717, 1.165) is 19.3 Å². The number of anilines is 1. The second-order valence-electron chi connectivity index (χ2n) is 6.89. The maximum absolute atomic E-state index is 12.8. The largest absolute Gasteiger partial charge is 0.490 e. The number of fused-ring (bicyclic) bond motifs is 1. The van der Waals surface area contributed by atoms with E-state index in [2.05, 4.69) is 5.32 Å². The van der Waals surface area contributed by atoms with Crippen LogP contribution in [-0.4, -0.2) is 43.0 Å². The highest BCUT2D eigenvalue weighted by atomic mass is 35.5. The van der Waals surface area contributed by atoms with Gasteiger partial charge in [-0.05, 0) is 24.3 Å². The van der Waals surface area contributed by atoms with Gasteiger partial charge in [0.25, 0.3) is 5.91 Å². The Labute approximate surface area is 172 Å². The van der Waals surface area contributed by atoms with Gasteiger partial charge in [-0.25, -0.2) is 0 Å². The minimum Gasteiger partial charge on any atom is -0.490 e. The third-order valence-electron chi connectivity index (χ3n) is 4.91. The van der Waals surface area contributed by atoms with E-state index < -0.39 is 0 Å². The van der Waals surface area contributed by atoms with Gasteiger partial charge in [-0.15, -0.1) is 11.3 Å². The molecule has 1 fully saturated rings. The van der Waals surface area contributed by atoms with E-state index >= 15 is 0 Å². The van der Waals surface area contributed by atoms with E-state index in [-0.39, 0.29) is 17.7 Å². The van der Waals surface area contributed by atoms with E-state index in [9.17, 15) is 9.59 Å². The number of rotatable bonds is 3. The molecule has 6 nitrogen and oxygen atoms in total. The van der Waals surface area contributed by atoms with Gasteiger partial charge in [0.1, 0.15) is 0 Å². The number of nitrogens with zero attached hydrogens (tertiary/aromatic N) is 1. The summed E-state index contributed by atoms with van der Waals surface area (Å²) in [5.41, 5.74) is 0.498. The molecule has 1 saturated heterocycles. The van der Waals surface area contributed by atoms with Gasteiger partial charge in [0, 0.05) is 31.6 Å². The van der Waals surface area contributed by atoms with Crippen molar-refractivity contribution in [2.75, 3.05) is 31.6 Å². The van der Waals surface area contributed by atoms with Gasteiger partial charge in [-0.3, -0.25) is 9.59 Å². The number of amides is 2. The van der Waals surface area contributed by atoms with Crippen molar-refractivity contribution in [2.24, 2.45) is 5.92 Å². The number of thiophene rings is 1. The first-order valence-corrected chi connectivity index (χ1v) is 10.6. The van der Waals surface area contributed by atoms with Gasteiger partial charge in [-0.1, -0.05) is 17.7 Å². The molecule has 1 N–H and O–H groups in total. The fourth-order valence-corrected chi connectivity index (χ4v) is 4.34. The molecule has 1 aromatic heterocycles. The lowest BCUT2D eigenvalue weighted by molar-refractivity contribution is -0.121. The molecule has 0 spiro atoms. The predicted molar refractivity (Wildman–Crippen MR) is 109 cm³/mol. The Balaban J connectivity index is 1.45. The van der Waals surface area contributed by atoms with Gasteiger partial charge in [0.05, 0.1) is 34.7 Å². The first-order chi connectivity index (χ1) is 13.6. The molecule has 4 rings (SSSR count). The summed E-state index contributed by atoms with van der Waals surface area (Å²) < 4.78 is 11.3. The van der Waals surface area contributed by atoms with Crippen LogP contribution >= 0.6 is 22.9 Å². The molecule has 28 heavy (non-hydrogen) atoms. The number of hydrogen-bond donors (Lipinski definition) is 1. The molecule has 0 aliphatic carbocycles. The van der Waals surface area contributed by atoms with E-state index in [0.29, 0.717) is 53.4 Å². The Morgan fingerprint density at radius 2 is 1.96 bits per heavy atom. The van der Waals surface area contributed by atoms with Crippen molar-refractivity contribution in [1.29, 1.82) is 0 Å². The normalized spacial score (nSPS) is 19.0. The molecule has 2 aliphatic heterocycles. The molecule has 0 unspecified atom stereocenters. The lowest BCUT2D eigenvalue weighted by Gasteiger charge is -2.31. The first-order valence-electron chi connectivity index (χ1n) is 9.34. The standard InChI is InChI=1S/C20H21ClN2O4S/c21-14-10-16-17(27-8-3-7-26-16)11-15(14)22-19(24)13-4-1-6-23(12-13)20(25)18-5-2-9-28-18/h2,5,9-11,13H,1,3-4,6-8,12H2,(H,22,24)/t13-/m1/s1. The van der Waals surface area contributed by atoms with E-state index in [1.165, 1.54) is 11.3 Å². The van der Waals surface area contributed by atoms with Crippen LogP contribution in [0.25, 0.3) is 0 Å². The van der Waals surface area contributed by atoms with Crippen molar-refractivity contribution in [3.05, 3.63) is 39.5 Å². The fourth-order valence-electron chi connectivity index (χ4n) is 3.45. The zero-order valence-electron chi connectivity index (χ0n) is 15.3. The SMILES string of the molecule is O=C(Nc1cc2c(cc1Cl)OCCCO2)[C@@H]1CCCN(C(=O)c2cccs2)C1. The fraction of sp³-hybridized carbons (Fsp3) is 0.400. The first kappa shape index (κ1) is 19.1. The van der Waals surface area contributed by atoms with E-state index in [1.54, 1.807) is 17.0 Å². The number of ether oxygens (including phenoxy) is 2. The zero-order chi connectivity index (χ0) is 19.5. The minimum absolute atomic E-state index is 0.0129. The lowest BCUT2D eigenvalue weighted by Crippen LogP contribution is -2.43. The highest BCUT2D eigenvalue weighted by molar-refractivity contribution is 7.12. The van der Waals surface area contributed by atoms with Crippen LogP contribution < -0.4 is 14.8 Å². The Kier molecular flexibility index (Phi) is 5.73. The average molecular weight is 421 g/mol. The van der Waals surface area contributed by atoms with Crippen molar-refractivity contribution < 1.29 is 19.1 Å². The molecule has 2 aliphatic rings. The summed E-state index contributed by atoms with van der Waals surface area (Å²) in [6.45, 7) is 2.21. The monoisotopic (exact) mass is 420 g/mol. The van der Waals surface area contributed by atoms with Crippen LogP contribution in [0, 0.1) is 5.92 Å². The summed E-state index contributed by atoms with van der Waals surface area (Å²) in [5, 5.41) is 5.19. The molecular weight excluding hydrogens is 400 g/mol. The molecule has 0 radical (unpaired) electrons. The maximum atomic E-state index is 12.8. The number of likely N-dealkylation sites (tertiary alicyclic amines) is 1. The van der Waals surface area contributed by atoms with Crippen molar-refractivity contribution in [2.45, 2.75) is 19.3 Å². The smallest absolute Gasteiger partial charge is 0.263 e. The van der Waals surface area contributed by atoms with Crippen LogP contribution in [0.2, 0.25) is 5.02 Å². The summed E-state index contributed by atoms with van der Waals surface area (Å²) in [5.74, 6) is 0.743. The summed E-state index contributed by atoms with van der Waals surface area (Å²) in [7, 11) is 0. The number of benzene rings is 1. The quantitative estimate of drug-likeness (QED) is 0.813. The van der Waals surface area contributed by atoms with Gasteiger partial charge in [0.2, 0.25) is 5.91 Å². The third kappa shape index (κ3) is 4.10. The number of hydrogen-bond acceptors (Lipinski definition) is 5. The summed E-state index contributed by atoms with van der Waals surface area (Å²) in [4.78, 5) is 27.9. The van der Waals surface area contributed by atoms with Crippen LogP contribution in [-0.2, 0) is 4.79 Å². The van der Waals surface area contributed by atoms with Crippen LogP contribution in [0.15, 0.2) is 29.6 Å². The predicted octanol–water partition coefficient (Wildman–Crippen LogP) is 4.05. The third-order valence-corrected chi connectivity index (χ3v) is 6.08. The van der Waals surface area contributed by atoms with E-state index in [1.807, 2.05) is 17.5 Å². The van der Waals surface area contributed by atoms with Crippen molar-refractivity contribution in [3.63, 3.8) is 0 Å². The summed E-state index contributed by atoms with van der Waals surface area (Å²) >= 11 is 7.75. The number of piperidine rings is 1. The van der Waals surface area contributed by atoms with Gasteiger partial charge in [0.15, 0.2) is 11.5 Å². The topological polar surface area (TPSA) is 67.9 Å². The number of carbonyl (C=O) groups is 2. The molecule has 148 valence electrons. The van der Waals surface area contributed by atoms with Crippen molar-refractivity contribution in [1.82, 2.24) is 4.90 Å². The molecule has 2 aromatic rings. The maximum Gasteiger partial charge on any atom is 0.263 e. The molecule has 2 amide bonds. The van der Waals surface area contributed by atoms with Crippen LogP contribution in [0.1, 0.15) is 28.9 Å². The Morgan fingerprint density at radius 3 is 2.71 bits per heavy atom. The number of carbonyl (C=O) groups excluding carboxylic acids is 2. The molecule has 0 saturated carbocycles. The molecule has 3 heterocycles. The van der Waals surface area contributed by atoms with Crippen molar-refractivity contribution in [3.8, 4) is 11.5 Å². The van der Waals surface area contributed by atoms with Crippen molar-refractivity contribution >= 4 is 40.4 Å². The molecular formula is C20H21ClN2O4S. The van der Waals surface area contributed by atoms with Gasteiger partial charge < -0.3 is 19.7 Å². The molecule has 8 heteroatoms. The van der Waals surface area contributed by atoms with Crippen LogP contribution in [0.3, 0.4) is 0 Å². The Morgan fingerprint density at radius 1 is 1.18 bits per heavy atom. The van der Waals surface area contributed by atoms with Crippen LogP contribution in [0.5, 0.6) is 11.5 Å². The second kappa shape index (κ2) is 8.41. The highest BCUT2D eigenvalue weighted by Gasteiger charge is 2.30. The molecule has 1 aromatic carbocycles. The summed E-state index contributed by atoms with van der Waals surface area (Å²) in [6.07, 6.45) is 2.33. The van der Waals surface area contributed by atoms with Gasteiger partial charge >= 0.3 is 0 Å². The Bertz CT molecular complexity index is 871. The van der Waals surface area contributed by atoms with Crippen LogP contribution in [0.4, 0.5) is 5.69 Å². The number of nitrogens with one attached hydrogen (secondary N) is 1. The lowest BCUT2D eigenvalue weighted by atomic mass is 9.97. The van der Waals surface area contributed by atoms with Gasteiger partial charge in [-0.2, -0.15) is 0 Å². The minimum atomic E-state index is -0.273. The Hall–Kier alpha value is -2.25. The highest BCUT2D eigenvalue weighted by Crippen LogP contribution is 2.38.